The van der Waals surface area contributed by atoms with Crippen LogP contribution in [0.5, 0.6) is 0 Å². The maximum absolute atomic E-state index is 11.6. The Bertz CT molecular complexity index is 264. The molecule has 3 heteroatoms. The van der Waals surface area contributed by atoms with Crippen molar-refractivity contribution in [3.8, 4) is 0 Å². The summed E-state index contributed by atoms with van der Waals surface area (Å²) in [5.41, 5.74) is -0.0801. The van der Waals surface area contributed by atoms with E-state index in [2.05, 4.69) is 32.4 Å². The number of hydrogen-bond donors (Lipinski definition) is 0. The van der Waals surface area contributed by atoms with Gasteiger partial charge >= 0.3 is 11.9 Å². The van der Waals surface area contributed by atoms with E-state index in [0.29, 0.717) is 5.92 Å². The molecule has 1 atom stereocenters. The molecule has 0 aromatic rings. The van der Waals surface area contributed by atoms with Crippen LogP contribution in [0.4, 0.5) is 0 Å². The number of cyclic esters (lactones) is 2. The topological polar surface area (TPSA) is 43.4 Å². The fourth-order valence-electron chi connectivity index (χ4n) is 2.87. The van der Waals surface area contributed by atoms with E-state index in [4.69, 9.17) is 0 Å². The first-order valence-electron chi connectivity index (χ1n) is 5.72. The molecule has 0 saturated carbocycles. The Morgan fingerprint density at radius 2 is 1.87 bits per heavy atom. The van der Waals surface area contributed by atoms with Gasteiger partial charge in [0.1, 0.15) is 0 Å². The lowest BCUT2D eigenvalue weighted by atomic mass is 9.63. The first kappa shape index (κ1) is 12.2. The van der Waals surface area contributed by atoms with Gasteiger partial charge in [-0.05, 0) is 24.2 Å². The van der Waals surface area contributed by atoms with E-state index in [1.807, 2.05) is 0 Å². The lowest BCUT2D eigenvalue weighted by molar-refractivity contribution is -0.155. The van der Waals surface area contributed by atoms with Crippen molar-refractivity contribution >= 4 is 11.9 Å². The molecule has 0 bridgehead atoms. The largest absolute Gasteiger partial charge is 0.393 e. The first-order chi connectivity index (χ1) is 6.97. The van der Waals surface area contributed by atoms with E-state index < -0.39 is 0 Å². The quantitative estimate of drug-likeness (QED) is 0.531. The van der Waals surface area contributed by atoms with Gasteiger partial charge in [-0.25, -0.2) is 0 Å². The molecule has 1 aliphatic rings. The van der Waals surface area contributed by atoms with Crippen molar-refractivity contribution in [1.82, 2.24) is 0 Å². The molecule has 1 saturated heterocycles. The van der Waals surface area contributed by atoms with E-state index in [1.165, 1.54) is 0 Å². The van der Waals surface area contributed by atoms with Crippen LogP contribution in [0.3, 0.4) is 0 Å². The second-order valence-electron chi connectivity index (χ2n) is 4.64. The molecule has 15 heavy (non-hydrogen) atoms. The van der Waals surface area contributed by atoms with Gasteiger partial charge in [0, 0.05) is 0 Å². The van der Waals surface area contributed by atoms with E-state index in [9.17, 15) is 9.59 Å². The number of carbonyl (C=O) groups is 2. The van der Waals surface area contributed by atoms with Crippen molar-refractivity contribution in [2.45, 2.75) is 47.0 Å². The molecule has 0 aliphatic carbocycles. The molecule has 0 aromatic heterocycles. The summed E-state index contributed by atoms with van der Waals surface area (Å²) in [6.07, 6.45) is 2.08. The van der Waals surface area contributed by atoms with Gasteiger partial charge in [0.2, 0.25) is 0 Å². The predicted octanol–water partition coefficient (Wildman–Crippen LogP) is 2.54. The highest BCUT2D eigenvalue weighted by atomic mass is 16.6. The predicted molar refractivity (Wildman–Crippen MR) is 57.1 cm³/mol. The number of carbonyl (C=O) groups excluding carboxylic acids is 2. The minimum Gasteiger partial charge on any atom is -0.393 e. The summed E-state index contributed by atoms with van der Waals surface area (Å²) >= 11 is 0. The fourth-order valence-corrected chi connectivity index (χ4v) is 2.87. The van der Waals surface area contributed by atoms with Gasteiger partial charge in [-0.1, -0.05) is 27.7 Å². The SMILES string of the molecule is CCC(CC)(C(C)C)C1CC(=O)OC1=O. The van der Waals surface area contributed by atoms with E-state index >= 15 is 0 Å². The molecule has 0 radical (unpaired) electrons. The number of rotatable bonds is 4. The van der Waals surface area contributed by atoms with Crippen LogP contribution in [0.15, 0.2) is 0 Å². The summed E-state index contributed by atoms with van der Waals surface area (Å²) in [7, 11) is 0. The summed E-state index contributed by atoms with van der Waals surface area (Å²) in [5.74, 6) is -0.537. The number of ether oxygens (including phenoxy) is 1. The summed E-state index contributed by atoms with van der Waals surface area (Å²) in [6, 6.07) is 0. The Morgan fingerprint density at radius 3 is 2.13 bits per heavy atom. The second kappa shape index (κ2) is 4.33. The lowest BCUT2D eigenvalue weighted by Gasteiger charge is -2.39. The molecule has 0 aromatic carbocycles. The fraction of sp³-hybridized carbons (Fsp3) is 0.833. The molecule has 3 nitrogen and oxygen atoms in total. The van der Waals surface area contributed by atoms with Crippen LogP contribution in [0.2, 0.25) is 0 Å². The molecular formula is C12H20O3. The highest BCUT2D eigenvalue weighted by molar-refractivity contribution is 5.95. The van der Waals surface area contributed by atoms with Crippen molar-refractivity contribution in [2.75, 3.05) is 0 Å². The molecule has 1 rings (SSSR count). The number of hydrogen-bond acceptors (Lipinski definition) is 3. The Kier molecular flexibility index (Phi) is 3.53. The smallest absolute Gasteiger partial charge is 0.317 e. The third-order valence-corrected chi connectivity index (χ3v) is 4.03. The average Bonchev–Trinajstić information content (AvgIpc) is 2.49. The molecule has 0 N–H and O–H groups in total. The van der Waals surface area contributed by atoms with Crippen LogP contribution < -0.4 is 0 Å². The second-order valence-corrected chi connectivity index (χ2v) is 4.64. The van der Waals surface area contributed by atoms with Crippen molar-refractivity contribution in [3.63, 3.8) is 0 Å². The van der Waals surface area contributed by atoms with Crippen LogP contribution in [0.25, 0.3) is 0 Å². The Labute approximate surface area is 91.2 Å². The maximum atomic E-state index is 11.6. The molecule has 1 unspecified atom stereocenters. The molecule has 0 spiro atoms. The van der Waals surface area contributed by atoms with Crippen LogP contribution >= 0.6 is 0 Å². The van der Waals surface area contributed by atoms with Gasteiger partial charge in [0.05, 0.1) is 12.3 Å². The minimum atomic E-state index is -0.364. The summed E-state index contributed by atoms with van der Waals surface area (Å²) in [6.45, 7) is 8.39. The maximum Gasteiger partial charge on any atom is 0.317 e. The van der Waals surface area contributed by atoms with Crippen molar-refractivity contribution < 1.29 is 14.3 Å². The molecule has 0 amide bonds. The summed E-state index contributed by atoms with van der Waals surface area (Å²) < 4.78 is 4.66. The van der Waals surface area contributed by atoms with Gasteiger partial charge in [0.25, 0.3) is 0 Å². The highest BCUT2D eigenvalue weighted by Crippen LogP contribution is 2.46. The van der Waals surface area contributed by atoms with Gasteiger partial charge in [0.15, 0.2) is 0 Å². The van der Waals surface area contributed by atoms with Gasteiger partial charge in [-0.15, -0.1) is 0 Å². The van der Waals surface area contributed by atoms with Crippen molar-refractivity contribution in [2.24, 2.45) is 17.3 Å². The average molecular weight is 212 g/mol. The monoisotopic (exact) mass is 212 g/mol. The highest BCUT2D eigenvalue weighted by Gasteiger charge is 2.48. The zero-order chi connectivity index (χ0) is 11.6. The van der Waals surface area contributed by atoms with Gasteiger partial charge < -0.3 is 4.74 Å². The van der Waals surface area contributed by atoms with E-state index in [1.54, 1.807) is 0 Å². The van der Waals surface area contributed by atoms with E-state index in [-0.39, 0.29) is 29.7 Å². The standard InChI is InChI=1S/C12H20O3/c1-5-12(6-2,8(3)4)9-7-10(13)15-11(9)14/h8-9H,5-7H2,1-4H3. The zero-order valence-electron chi connectivity index (χ0n) is 10.0. The Balaban J connectivity index is 2.99. The third-order valence-electron chi connectivity index (χ3n) is 4.03. The normalized spacial score (nSPS) is 22.3. The molecule has 1 fully saturated rings. The Hall–Kier alpha value is -0.860. The zero-order valence-corrected chi connectivity index (χ0v) is 10.0. The summed E-state index contributed by atoms with van der Waals surface area (Å²) in [5, 5.41) is 0. The van der Waals surface area contributed by atoms with Crippen LogP contribution in [0, 0.1) is 17.3 Å². The van der Waals surface area contributed by atoms with Crippen LogP contribution in [-0.2, 0) is 14.3 Å². The first-order valence-corrected chi connectivity index (χ1v) is 5.72. The molecule has 86 valence electrons. The summed E-state index contributed by atoms with van der Waals surface area (Å²) in [4.78, 5) is 22.7. The lowest BCUT2D eigenvalue weighted by Crippen LogP contribution is -2.37. The third kappa shape index (κ3) is 1.92. The Morgan fingerprint density at radius 1 is 1.33 bits per heavy atom. The van der Waals surface area contributed by atoms with Gasteiger partial charge in [-0.3, -0.25) is 9.59 Å². The molecule has 1 aliphatic heterocycles. The van der Waals surface area contributed by atoms with Crippen molar-refractivity contribution in [1.29, 1.82) is 0 Å². The molecular weight excluding hydrogens is 192 g/mol. The van der Waals surface area contributed by atoms with Gasteiger partial charge in [-0.2, -0.15) is 0 Å². The van der Waals surface area contributed by atoms with Crippen LogP contribution in [0.1, 0.15) is 47.0 Å². The number of esters is 2. The molecule has 1 heterocycles. The van der Waals surface area contributed by atoms with Crippen molar-refractivity contribution in [3.05, 3.63) is 0 Å². The minimum absolute atomic E-state index is 0.0801. The van der Waals surface area contributed by atoms with E-state index in [0.717, 1.165) is 12.8 Å². The van der Waals surface area contributed by atoms with Crippen LogP contribution in [-0.4, -0.2) is 11.9 Å².